The van der Waals surface area contributed by atoms with Crippen molar-refractivity contribution in [2.45, 2.75) is 45.3 Å². The second-order valence-electron chi connectivity index (χ2n) is 9.40. The lowest BCUT2D eigenvalue weighted by atomic mass is 10.0. The number of nitrogens with one attached hydrogen (secondary N) is 1. The monoisotopic (exact) mass is 491 g/mol. The molecule has 0 radical (unpaired) electrons. The van der Waals surface area contributed by atoms with E-state index in [-0.39, 0.29) is 11.1 Å². The maximum absolute atomic E-state index is 12.3. The lowest BCUT2D eigenvalue weighted by molar-refractivity contribution is 0.331. The number of aromatic amines is 1. The highest BCUT2D eigenvalue weighted by atomic mass is 32.2. The third kappa shape index (κ3) is 4.48. The summed E-state index contributed by atoms with van der Waals surface area (Å²) in [4.78, 5) is 18.8. The summed E-state index contributed by atoms with van der Waals surface area (Å²) in [5.41, 5.74) is 6.74. The first-order valence-electron chi connectivity index (χ1n) is 11.7. The predicted octanol–water partition coefficient (Wildman–Crippen LogP) is 4.56. The van der Waals surface area contributed by atoms with Crippen LogP contribution in [0.5, 0.6) is 5.75 Å². The third-order valence-electron chi connectivity index (χ3n) is 6.28. The summed E-state index contributed by atoms with van der Waals surface area (Å²) in [5.74, 6) is 2.51. The number of hydrogen-bond acceptors (Lipinski definition) is 7. The van der Waals surface area contributed by atoms with Gasteiger partial charge in [0.2, 0.25) is 15.0 Å². The number of fused-ring (bicyclic) bond motifs is 2. The van der Waals surface area contributed by atoms with E-state index in [4.69, 9.17) is 4.74 Å². The molecule has 2 aromatic carbocycles. The maximum Gasteiger partial charge on any atom is 0.248 e. The van der Waals surface area contributed by atoms with Crippen molar-refractivity contribution in [3.8, 4) is 16.9 Å². The first-order valence-corrected chi connectivity index (χ1v) is 13.6. The van der Waals surface area contributed by atoms with Gasteiger partial charge in [-0.1, -0.05) is 26.0 Å². The molecule has 0 unspecified atom stereocenters. The Labute approximate surface area is 205 Å². The predicted molar refractivity (Wildman–Crippen MR) is 137 cm³/mol. The number of aromatic nitrogens is 4. The highest BCUT2D eigenvalue weighted by molar-refractivity contribution is 7.90. The van der Waals surface area contributed by atoms with Crippen molar-refractivity contribution in [1.29, 1.82) is 0 Å². The average molecular weight is 492 g/mol. The van der Waals surface area contributed by atoms with Crippen molar-refractivity contribution >= 4 is 26.7 Å². The van der Waals surface area contributed by atoms with Gasteiger partial charge in [0.05, 0.1) is 17.6 Å². The van der Waals surface area contributed by atoms with Gasteiger partial charge >= 0.3 is 0 Å². The molecular weight excluding hydrogens is 462 g/mol. The quantitative estimate of drug-likeness (QED) is 0.418. The lowest BCUT2D eigenvalue weighted by Gasteiger charge is -2.26. The highest BCUT2D eigenvalue weighted by Gasteiger charge is 2.25. The molecule has 3 heterocycles. The molecule has 0 spiro atoms. The van der Waals surface area contributed by atoms with Crippen LogP contribution in [-0.2, 0) is 16.4 Å². The fraction of sp³-hybridized carbons (Fsp3) is 0.346. The van der Waals surface area contributed by atoms with Crippen molar-refractivity contribution in [3.63, 3.8) is 0 Å². The van der Waals surface area contributed by atoms with Crippen LogP contribution in [0.2, 0.25) is 0 Å². The van der Waals surface area contributed by atoms with E-state index in [2.05, 4.69) is 62.9 Å². The lowest BCUT2D eigenvalue weighted by Crippen LogP contribution is -2.29. The molecule has 1 N–H and O–H groups in total. The number of H-pyrrole nitrogens is 1. The van der Waals surface area contributed by atoms with Crippen LogP contribution in [0.25, 0.3) is 22.2 Å². The van der Waals surface area contributed by atoms with Gasteiger partial charge in [-0.25, -0.2) is 23.4 Å². The summed E-state index contributed by atoms with van der Waals surface area (Å²) in [6, 6.07) is 12.4. The normalized spacial score (nSPS) is 14.2. The Balaban J connectivity index is 1.57. The van der Waals surface area contributed by atoms with Crippen molar-refractivity contribution in [3.05, 3.63) is 59.0 Å². The number of anilines is 1. The minimum absolute atomic E-state index is 0.137. The molecule has 0 fully saturated rings. The summed E-state index contributed by atoms with van der Waals surface area (Å²) in [6.45, 7) is 9.55. The van der Waals surface area contributed by atoms with Gasteiger partial charge in [-0.05, 0) is 55.2 Å². The van der Waals surface area contributed by atoms with Gasteiger partial charge in [-0.3, -0.25) is 0 Å². The third-order valence-corrected chi connectivity index (χ3v) is 7.13. The van der Waals surface area contributed by atoms with E-state index in [0.717, 1.165) is 51.1 Å². The van der Waals surface area contributed by atoms with Gasteiger partial charge in [0.25, 0.3) is 0 Å². The Morgan fingerprint density at radius 3 is 2.51 bits per heavy atom. The number of rotatable bonds is 4. The van der Waals surface area contributed by atoms with Crippen LogP contribution in [0.15, 0.2) is 41.6 Å². The van der Waals surface area contributed by atoms with E-state index in [9.17, 15) is 8.42 Å². The van der Waals surface area contributed by atoms with E-state index in [1.165, 1.54) is 0 Å². The zero-order valence-electron chi connectivity index (χ0n) is 20.6. The molecule has 5 rings (SSSR count). The van der Waals surface area contributed by atoms with Gasteiger partial charge in [0, 0.05) is 29.6 Å². The second kappa shape index (κ2) is 8.64. The summed E-state index contributed by atoms with van der Waals surface area (Å²) in [5, 5.41) is -0.142. The van der Waals surface area contributed by atoms with Gasteiger partial charge in [0.15, 0.2) is 0 Å². The minimum Gasteiger partial charge on any atom is -0.491 e. The van der Waals surface area contributed by atoms with Gasteiger partial charge in [-0.15, -0.1) is 0 Å². The zero-order valence-corrected chi connectivity index (χ0v) is 21.4. The van der Waals surface area contributed by atoms with Crippen molar-refractivity contribution in [2.24, 2.45) is 0 Å². The maximum atomic E-state index is 12.3. The number of nitrogens with zero attached hydrogens (tertiary/aromatic N) is 4. The molecule has 182 valence electrons. The molecule has 2 aromatic heterocycles. The Morgan fingerprint density at radius 1 is 1.03 bits per heavy atom. The number of imidazole rings is 1. The van der Waals surface area contributed by atoms with Crippen molar-refractivity contribution in [2.75, 3.05) is 24.3 Å². The minimum atomic E-state index is -3.55. The largest absolute Gasteiger partial charge is 0.491 e. The van der Waals surface area contributed by atoms with Crippen LogP contribution < -0.4 is 9.64 Å². The van der Waals surface area contributed by atoms with Gasteiger partial charge in [-0.2, -0.15) is 0 Å². The molecule has 0 bridgehead atoms. The van der Waals surface area contributed by atoms with E-state index in [1.807, 2.05) is 26.0 Å². The Bertz CT molecular complexity index is 1540. The van der Waals surface area contributed by atoms with Crippen LogP contribution in [0, 0.1) is 13.8 Å². The SMILES string of the molecule is Cc1nc2cc(-c3ccc4c(c3)CN(c3nc(S(C)(=O)=O)nc(C)c3C(C)C)CCO4)ccc2[nH]1. The van der Waals surface area contributed by atoms with E-state index >= 15 is 0 Å². The number of aryl methyl sites for hydroxylation is 2. The number of benzene rings is 2. The number of ether oxygens (including phenoxy) is 1. The molecule has 4 aromatic rings. The van der Waals surface area contributed by atoms with Gasteiger partial charge < -0.3 is 14.6 Å². The molecular formula is C26H29N5O3S. The summed E-state index contributed by atoms with van der Waals surface area (Å²) >= 11 is 0. The Morgan fingerprint density at radius 2 is 1.77 bits per heavy atom. The molecule has 0 atom stereocenters. The van der Waals surface area contributed by atoms with Crippen LogP contribution in [0.1, 0.15) is 42.4 Å². The van der Waals surface area contributed by atoms with Crippen molar-refractivity contribution < 1.29 is 13.2 Å². The number of hydrogen-bond donors (Lipinski definition) is 1. The van der Waals surface area contributed by atoms with Crippen LogP contribution in [-0.4, -0.2) is 47.8 Å². The fourth-order valence-electron chi connectivity index (χ4n) is 4.69. The highest BCUT2D eigenvalue weighted by Crippen LogP contribution is 2.35. The Kier molecular flexibility index (Phi) is 5.75. The molecule has 0 amide bonds. The average Bonchev–Trinajstić information content (AvgIpc) is 3.03. The van der Waals surface area contributed by atoms with Crippen LogP contribution >= 0.6 is 0 Å². The first kappa shape index (κ1) is 23.3. The summed E-state index contributed by atoms with van der Waals surface area (Å²) in [7, 11) is -3.55. The topological polar surface area (TPSA) is 101 Å². The van der Waals surface area contributed by atoms with E-state index < -0.39 is 9.84 Å². The Hall–Kier alpha value is -3.46. The van der Waals surface area contributed by atoms with E-state index in [0.29, 0.717) is 31.2 Å². The van der Waals surface area contributed by atoms with Crippen molar-refractivity contribution in [1.82, 2.24) is 19.9 Å². The summed E-state index contributed by atoms with van der Waals surface area (Å²) in [6.07, 6.45) is 1.14. The molecule has 35 heavy (non-hydrogen) atoms. The smallest absolute Gasteiger partial charge is 0.248 e. The molecule has 8 nitrogen and oxygen atoms in total. The standard InChI is InChI=1S/C26H29N5O3S/c1-15(2)24-16(3)27-26(35(5,32)33)30-25(24)31-10-11-34-23-9-7-18(12-20(23)14-31)19-6-8-21-22(13-19)29-17(4)28-21/h6-9,12-13,15H,10-11,14H2,1-5H3,(H,28,29). The van der Waals surface area contributed by atoms with Crippen LogP contribution in [0.3, 0.4) is 0 Å². The molecule has 0 aliphatic carbocycles. The van der Waals surface area contributed by atoms with Gasteiger partial charge in [0.1, 0.15) is 24.0 Å². The molecule has 0 saturated carbocycles. The van der Waals surface area contributed by atoms with Crippen LogP contribution in [0.4, 0.5) is 5.82 Å². The molecule has 9 heteroatoms. The summed E-state index contributed by atoms with van der Waals surface area (Å²) < 4.78 is 30.6. The molecule has 0 saturated heterocycles. The molecule has 1 aliphatic heterocycles. The fourth-order valence-corrected chi connectivity index (χ4v) is 5.25. The number of sulfone groups is 1. The molecule has 1 aliphatic rings. The van der Waals surface area contributed by atoms with E-state index in [1.54, 1.807) is 0 Å². The second-order valence-corrected chi connectivity index (χ2v) is 11.3. The first-order chi connectivity index (χ1) is 16.6. The zero-order chi connectivity index (χ0) is 24.9.